The molecule has 244 valence electrons. The minimum Gasteiger partial charge on any atom is -0.383 e. The minimum atomic E-state index is -1.04. The predicted octanol–water partition coefficient (Wildman–Crippen LogP) is 3.82. The quantitative estimate of drug-likeness (QED) is 0.205. The highest BCUT2D eigenvalue weighted by molar-refractivity contribution is 5.99. The molecule has 0 spiro atoms. The summed E-state index contributed by atoms with van der Waals surface area (Å²) in [7, 11) is 3.64. The molecule has 0 radical (unpaired) electrons. The van der Waals surface area contributed by atoms with Crippen molar-refractivity contribution in [1.29, 1.82) is 0 Å². The number of nitrogens with one attached hydrogen (secondary N) is 2. The molecule has 0 unspecified atom stereocenters. The van der Waals surface area contributed by atoms with Crippen molar-refractivity contribution in [3.8, 4) is 22.5 Å². The third kappa shape index (κ3) is 6.31. The zero-order valence-corrected chi connectivity index (χ0v) is 25.8. The van der Waals surface area contributed by atoms with Gasteiger partial charge < -0.3 is 22.1 Å². The molecule has 6 aromatic heterocycles. The summed E-state index contributed by atoms with van der Waals surface area (Å²) in [6.45, 7) is 0. The van der Waals surface area contributed by atoms with E-state index in [0.717, 1.165) is 21.9 Å². The van der Waals surface area contributed by atoms with Crippen LogP contribution in [0.25, 0.3) is 44.1 Å². The maximum absolute atomic E-state index is 13.0. The van der Waals surface area contributed by atoms with E-state index >= 15 is 0 Å². The lowest BCUT2D eigenvalue weighted by Crippen LogP contribution is -2.15. The summed E-state index contributed by atoms with van der Waals surface area (Å²) in [5.74, 6) is -0.367. The van der Waals surface area contributed by atoms with Gasteiger partial charge in [-0.1, -0.05) is 0 Å². The van der Waals surface area contributed by atoms with Crippen molar-refractivity contribution in [2.45, 2.75) is 25.2 Å². The summed E-state index contributed by atoms with van der Waals surface area (Å²) in [6.07, 6.45) is 8.67. The van der Waals surface area contributed by atoms with Gasteiger partial charge in [-0.25, -0.2) is 28.7 Å². The van der Waals surface area contributed by atoms with Gasteiger partial charge in [0.15, 0.2) is 0 Å². The Morgan fingerprint density at radius 3 is 1.44 bits per heavy atom. The number of halogens is 2. The van der Waals surface area contributed by atoms with Crippen molar-refractivity contribution in [2.24, 2.45) is 25.9 Å². The molecule has 0 aliphatic heterocycles. The van der Waals surface area contributed by atoms with E-state index < -0.39 is 24.2 Å². The standard InChI is InChI=1S/2C16H15FN6O/c2*1-23-7-9(5-20-23)13-2-8-3-14(19-6-11(8)15(18)21-13)22-16(24)10-4-12(10)17/h2*2-3,5-7,10,12H,4H2,1H3,(H2,18,21)(H,19,22,24)/t2*10-,12+/m10/s1. The van der Waals surface area contributed by atoms with Crippen LogP contribution in [0.1, 0.15) is 12.8 Å². The average Bonchev–Trinajstić information content (AvgIpc) is 3.85. The summed E-state index contributed by atoms with van der Waals surface area (Å²) in [5, 5.41) is 16.5. The monoisotopic (exact) mass is 652 g/mol. The second kappa shape index (κ2) is 11.9. The van der Waals surface area contributed by atoms with Crippen LogP contribution in [0, 0.1) is 11.8 Å². The highest BCUT2D eigenvalue weighted by Gasteiger charge is 2.44. The van der Waals surface area contributed by atoms with Crippen LogP contribution in [0.15, 0.2) is 61.4 Å². The van der Waals surface area contributed by atoms with Gasteiger partial charge in [-0.05, 0) is 47.9 Å². The van der Waals surface area contributed by atoms with Crippen molar-refractivity contribution >= 4 is 56.6 Å². The Morgan fingerprint density at radius 2 is 1.10 bits per heavy atom. The van der Waals surface area contributed by atoms with Crippen LogP contribution >= 0.6 is 0 Å². The van der Waals surface area contributed by atoms with Gasteiger partial charge in [-0.2, -0.15) is 10.2 Å². The zero-order valence-electron chi connectivity index (χ0n) is 25.8. The van der Waals surface area contributed by atoms with Gasteiger partial charge in [0, 0.05) is 60.8 Å². The number of aromatic nitrogens is 8. The first kappa shape index (κ1) is 30.6. The van der Waals surface area contributed by atoms with Crippen LogP contribution < -0.4 is 22.1 Å². The zero-order chi connectivity index (χ0) is 33.7. The van der Waals surface area contributed by atoms with E-state index in [1.807, 2.05) is 38.6 Å². The van der Waals surface area contributed by atoms with Crippen LogP contribution in [0.2, 0.25) is 0 Å². The second-order valence-corrected chi connectivity index (χ2v) is 11.9. The Labute approximate surface area is 271 Å². The van der Waals surface area contributed by atoms with Crippen molar-refractivity contribution < 1.29 is 18.4 Å². The fourth-order valence-electron chi connectivity index (χ4n) is 5.20. The average molecular weight is 653 g/mol. The molecule has 0 bridgehead atoms. The summed E-state index contributed by atoms with van der Waals surface area (Å²) >= 11 is 0. The number of rotatable bonds is 6. The van der Waals surface area contributed by atoms with E-state index in [1.54, 1.807) is 46.3 Å². The van der Waals surface area contributed by atoms with Crippen LogP contribution in [0.5, 0.6) is 0 Å². The summed E-state index contributed by atoms with van der Waals surface area (Å²) in [5.41, 5.74) is 15.1. The summed E-state index contributed by atoms with van der Waals surface area (Å²) in [4.78, 5) is 40.7. The Bertz CT molecular complexity index is 2060. The maximum Gasteiger partial charge on any atom is 0.231 e. The van der Waals surface area contributed by atoms with Crippen molar-refractivity contribution in [3.05, 3.63) is 61.4 Å². The van der Waals surface area contributed by atoms with E-state index in [9.17, 15) is 18.4 Å². The van der Waals surface area contributed by atoms with Crippen molar-refractivity contribution in [3.63, 3.8) is 0 Å². The third-order valence-corrected chi connectivity index (χ3v) is 8.09. The number of nitrogens with two attached hydrogens (primary N) is 2. The Kier molecular flexibility index (Phi) is 7.61. The van der Waals surface area contributed by atoms with Gasteiger partial charge in [-0.3, -0.25) is 19.0 Å². The molecular formula is C32H30F2N12O2. The topological polar surface area (TPSA) is 197 Å². The maximum atomic E-state index is 13.0. The number of pyridine rings is 4. The number of hydrogen-bond donors (Lipinski definition) is 4. The summed E-state index contributed by atoms with van der Waals surface area (Å²) < 4.78 is 29.3. The van der Waals surface area contributed by atoms with Crippen LogP contribution in [0.4, 0.5) is 32.1 Å². The lowest BCUT2D eigenvalue weighted by Gasteiger charge is -2.08. The number of aryl methyl sites for hydroxylation is 2. The highest BCUT2D eigenvalue weighted by atomic mass is 19.1. The summed E-state index contributed by atoms with van der Waals surface area (Å²) in [6, 6.07) is 7.13. The fourth-order valence-corrected chi connectivity index (χ4v) is 5.20. The van der Waals surface area contributed by atoms with Gasteiger partial charge in [0.05, 0.1) is 35.6 Å². The number of carbonyl (C=O) groups is 2. The lowest BCUT2D eigenvalue weighted by molar-refractivity contribution is -0.118. The number of hydrogen-bond acceptors (Lipinski definition) is 10. The van der Waals surface area contributed by atoms with Gasteiger partial charge in [0.2, 0.25) is 11.8 Å². The normalized spacial score (nSPS) is 19.4. The first-order valence-electron chi connectivity index (χ1n) is 15.0. The molecule has 2 aliphatic carbocycles. The molecule has 48 heavy (non-hydrogen) atoms. The van der Waals surface area contributed by atoms with Crippen molar-refractivity contribution in [2.75, 3.05) is 22.1 Å². The van der Waals surface area contributed by atoms with E-state index in [0.29, 0.717) is 45.4 Å². The molecule has 6 heterocycles. The van der Waals surface area contributed by atoms with Crippen LogP contribution in [-0.2, 0) is 23.7 Å². The first-order valence-corrected chi connectivity index (χ1v) is 15.0. The highest BCUT2D eigenvalue weighted by Crippen LogP contribution is 2.36. The van der Waals surface area contributed by atoms with Gasteiger partial charge in [-0.15, -0.1) is 0 Å². The van der Waals surface area contributed by atoms with E-state index in [1.165, 1.54) is 0 Å². The van der Waals surface area contributed by atoms with E-state index in [-0.39, 0.29) is 24.7 Å². The SMILES string of the molecule is Cn1cc(-c2cc3cc(NC(=O)[C@@H]4C[C@@H]4F)ncc3c(N)n2)cn1.Cn1cc(-c2cc3cc(NC(=O)[C@H]4C[C@H]4F)ncc3c(N)n2)cn1. The fraction of sp³-hybridized carbons (Fsp3) is 0.250. The number of nitrogen functional groups attached to an aromatic ring is 2. The molecule has 0 saturated heterocycles. The van der Waals surface area contributed by atoms with Gasteiger partial charge in [0.1, 0.15) is 35.6 Å². The number of amides is 2. The number of carbonyl (C=O) groups excluding carboxylic acids is 2. The molecule has 2 amide bonds. The molecule has 6 N–H and O–H groups in total. The number of fused-ring (bicyclic) bond motifs is 2. The molecule has 0 aromatic carbocycles. The molecular weight excluding hydrogens is 622 g/mol. The molecule has 16 heteroatoms. The third-order valence-electron chi connectivity index (χ3n) is 8.09. The predicted molar refractivity (Wildman–Crippen MR) is 176 cm³/mol. The van der Waals surface area contributed by atoms with Gasteiger partial charge in [0.25, 0.3) is 0 Å². The smallest absolute Gasteiger partial charge is 0.231 e. The Morgan fingerprint density at radius 1 is 0.708 bits per heavy atom. The first-order chi connectivity index (χ1) is 23.0. The van der Waals surface area contributed by atoms with Crippen LogP contribution in [-0.4, -0.2) is 63.7 Å². The molecule has 2 saturated carbocycles. The van der Waals surface area contributed by atoms with Crippen LogP contribution in [0.3, 0.4) is 0 Å². The molecule has 4 atom stereocenters. The Balaban J connectivity index is 0.000000152. The van der Waals surface area contributed by atoms with Gasteiger partial charge >= 0.3 is 0 Å². The van der Waals surface area contributed by atoms with Crippen molar-refractivity contribution in [1.82, 2.24) is 39.5 Å². The largest absolute Gasteiger partial charge is 0.383 e. The lowest BCUT2D eigenvalue weighted by atomic mass is 10.1. The molecule has 14 nitrogen and oxygen atoms in total. The Hall–Kier alpha value is -6.06. The molecule has 6 aromatic rings. The minimum absolute atomic E-state index is 0.279. The van der Waals surface area contributed by atoms with E-state index in [2.05, 4.69) is 40.8 Å². The number of alkyl halides is 2. The molecule has 8 rings (SSSR count). The molecule has 2 fully saturated rings. The number of nitrogens with zero attached hydrogens (tertiary/aromatic N) is 8. The molecule has 2 aliphatic rings. The number of anilines is 4. The second-order valence-electron chi connectivity index (χ2n) is 11.9. The van der Waals surface area contributed by atoms with E-state index in [4.69, 9.17) is 11.5 Å².